The second-order valence-electron chi connectivity index (χ2n) is 10.0. The van der Waals surface area contributed by atoms with E-state index in [-0.39, 0.29) is 11.3 Å². The average Bonchev–Trinajstić information content (AvgIpc) is 2.90. The number of nitrogens with zero attached hydrogens (tertiary/aromatic N) is 2. The van der Waals surface area contributed by atoms with Crippen LogP contribution in [0.3, 0.4) is 0 Å². The van der Waals surface area contributed by atoms with Gasteiger partial charge >= 0.3 is 0 Å². The first kappa shape index (κ1) is 29.9. The van der Waals surface area contributed by atoms with Crippen LogP contribution >= 0.6 is 0 Å². The lowest BCUT2D eigenvalue weighted by molar-refractivity contribution is 0.102. The van der Waals surface area contributed by atoms with Gasteiger partial charge in [0.05, 0.1) is 27.2 Å². The van der Waals surface area contributed by atoms with Crippen molar-refractivity contribution in [2.75, 3.05) is 59.8 Å². The maximum Gasteiger partial charge on any atom is 0.257 e. The Morgan fingerprint density at radius 3 is 2.37 bits per heavy atom. The normalized spacial score (nSPS) is 16.5. The van der Waals surface area contributed by atoms with E-state index >= 15 is 0 Å². The minimum atomic E-state index is -3.58. The van der Waals surface area contributed by atoms with Gasteiger partial charge in [-0.3, -0.25) is 9.10 Å². The molecule has 1 heterocycles. The molecule has 210 valence electrons. The van der Waals surface area contributed by atoms with Gasteiger partial charge in [0.2, 0.25) is 10.0 Å². The van der Waals surface area contributed by atoms with Gasteiger partial charge in [0.25, 0.3) is 5.91 Å². The molecule has 9 nitrogen and oxygen atoms in total. The molecule has 0 spiro atoms. The number of unbranched alkanes of at least 4 members (excludes halogenated alkanes) is 1. The van der Waals surface area contributed by atoms with Crippen LogP contribution in [0.4, 0.5) is 17.1 Å². The quantitative estimate of drug-likeness (QED) is 0.330. The number of carbonyl (C=O) groups is 1. The van der Waals surface area contributed by atoms with Crippen LogP contribution in [0, 0.1) is 10.7 Å². The Kier molecular flexibility index (Phi) is 10.2. The second kappa shape index (κ2) is 12.9. The predicted octanol–water partition coefficient (Wildman–Crippen LogP) is 4.37. The minimum absolute atomic E-state index is 0.239. The van der Waals surface area contributed by atoms with E-state index in [1.54, 1.807) is 36.4 Å². The minimum Gasteiger partial charge on any atom is -0.369 e. The average molecular weight is 564 g/mol. The Balaban J connectivity index is 1.77. The van der Waals surface area contributed by atoms with E-state index in [1.807, 2.05) is 6.07 Å². The predicted molar refractivity (Wildman–Crippen MR) is 156 cm³/mol. The van der Waals surface area contributed by atoms with Crippen molar-refractivity contribution in [3.8, 4) is 0 Å². The van der Waals surface area contributed by atoms with Gasteiger partial charge in [-0.1, -0.05) is 33.1 Å². The summed E-state index contributed by atoms with van der Waals surface area (Å²) >= 11 is 0. The van der Waals surface area contributed by atoms with E-state index in [0.29, 0.717) is 22.3 Å². The number of nitrogens with one attached hydrogen (secondary N) is 3. The van der Waals surface area contributed by atoms with Gasteiger partial charge in [0.15, 0.2) is 0 Å². The molecule has 0 unspecified atom stereocenters. The molecule has 1 aliphatic heterocycles. The van der Waals surface area contributed by atoms with Crippen molar-refractivity contribution >= 4 is 42.7 Å². The summed E-state index contributed by atoms with van der Waals surface area (Å²) in [5, 5.41) is 6.14. The number of piperazine rings is 1. The third kappa shape index (κ3) is 7.94. The monoisotopic (exact) mass is 563 g/mol. The van der Waals surface area contributed by atoms with Crippen LogP contribution in [0.2, 0.25) is 0 Å². The number of sulfonamides is 1. The van der Waals surface area contributed by atoms with Gasteiger partial charge < -0.3 is 15.5 Å². The summed E-state index contributed by atoms with van der Waals surface area (Å²) in [6.45, 7) is 7.59. The smallest absolute Gasteiger partial charge is 0.257 e. The standard InChI is InChI=1S/C27H41N5O4S2/c1-5-21(2)8-6-7-19-38(28,36)24-12-9-22(10-13-24)30-27(33)25-20-23(32-17-15-29-16-18-32)11-14-26(25)31(3)37(4,34)35/h9-14,20-21,28-29H,5-8,15-19H2,1-4H3,(H,30,33)/t21-,38-/m1/s1. The first-order valence-corrected chi connectivity index (χ1v) is 16.7. The zero-order chi connectivity index (χ0) is 27.9. The highest BCUT2D eigenvalue weighted by molar-refractivity contribution is 7.92. The van der Waals surface area contributed by atoms with Crippen molar-refractivity contribution in [2.24, 2.45) is 5.92 Å². The van der Waals surface area contributed by atoms with E-state index in [2.05, 4.69) is 29.4 Å². The van der Waals surface area contributed by atoms with E-state index < -0.39 is 25.7 Å². The van der Waals surface area contributed by atoms with Crippen molar-refractivity contribution < 1.29 is 17.4 Å². The number of amides is 1. The van der Waals surface area contributed by atoms with E-state index in [1.165, 1.54) is 7.05 Å². The molecule has 3 rings (SSSR count). The van der Waals surface area contributed by atoms with E-state index in [4.69, 9.17) is 4.78 Å². The third-order valence-electron chi connectivity index (χ3n) is 7.11. The summed E-state index contributed by atoms with van der Waals surface area (Å²) in [4.78, 5) is 16.0. The molecule has 0 saturated carbocycles. The van der Waals surface area contributed by atoms with E-state index in [0.717, 1.165) is 68.1 Å². The Hall–Kier alpha value is -2.63. The molecule has 2 aromatic carbocycles. The fourth-order valence-corrected chi connectivity index (χ4v) is 6.29. The van der Waals surface area contributed by atoms with Crippen molar-refractivity contribution in [3.05, 3.63) is 48.0 Å². The summed E-state index contributed by atoms with van der Waals surface area (Å²) in [7, 11) is -5.07. The van der Waals surface area contributed by atoms with Gasteiger partial charge in [-0.2, -0.15) is 0 Å². The summed E-state index contributed by atoms with van der Waals surface area (Å²) in [5.74, 6) is 0.502. The molecule has 11 heteroatoms. The van der Waals surface area contributed by atoms with Gasteiger partial charge in [0.1, 0.15) is 0 Å². The van der Waals surface area contributed by atoms with Gasteiger partial charge in [-0.15, -0.1) is 0 Å². The lowest BCUT2D eigenvalue weighted by atomic mass is 10.0. The highest BCUT2D eigenvalue weighted by atomic mass is 32.2. The summed E-state index contributed by atoms with van der Waals surface area (Å²) in [5.41, 5.74) is 1.85. The van der Waals surface area contributed by atoms with E-state index in [9.17, 15) is 17.4 Å². The molecule has 3 N–H and O–H groups in total. The molecule has 1 saturated heterocycles. The SMILES string of the molecule is CC[C@@H](C)CCCC[S@@](=N)(=O)c1ccc(NC(=O)c2cc(N3CCNCC3)ccc2N(C)S(C)(=O)=O)cc1. The van der Waals surface area contributed by atoms with Crippen molar-refractivity contribution in [2.45, 2.75) is 44.4 Å². The third-order valence-corrected chi connectivity index (χ3v) is 10.2. The van der Waals surface area contributed by atoms with Crippen LogP contribution in [0.25, 0.3) is 0 Å². The first-order chi connectivity index (χ1) is 17.9. The summed E-state index contributed by atoms with van der Waals surface area (Å²) in [6.07, 6.45) is 4.99. The molecule has 2 atom stereocenters. The molecular formula is C27H41N5O4S2. The summed E-state index contributed by atoms with van der Waals surface area (Å²) < 4.78 is 46.9. The fraction of sp³-hybridized carbons (Fsp3) is 0.519. The number of hydrogen-bond acceptors (Lipinski definition) is 7. The maximum absolute atomic E-state index is 13.4. The largest absolute Gasteiger partial charge is 0.369 e. The van der Waals surface area contributed by atoms with Crippen LogP contribution in [-0.2, 0) is 19.8 Å². The Morgan fingerprint density at radius 2 is 1.76 bits per heavy atom. The molecule has 38 heavy (non-hydrogen) atoms. The van der Waals surface area contributed by atoms with Crippen LogP contribution in [0.1, 0.15) is 49.9 Å². The van der Waals surface area contributed by atoms with Crippen LogP contribution < -0.4 is 19.8 Å². The Morgan fingerprint density at radius 1 is 1.11 bits per heavy atom. The zero-order valence-electron chi connectivity index (χ0n) is 22.8. The fourth-order valence-electron chi connectivity index (χ4n) is 4.36. The molecule has 1 aliphatic rings. The molecule has 2 aromatic rings. The van der Waals surface area contributed by atoms with Crippen LogP contribution in [0.15, 0.2) is 47.4 Å². The topological polar surface area (TPSA) is 123 Å². The lowest BCUT2D eigenvalue weighted by Crippen LogP contribution is -2.43. The molecular weight excluding hydrogens is 522 g/mol. The van der Waals surface area contributed by atoms with Crippen molar-refractivity contribution in [1.29, 1.82) is 4.78 Å². The van der Waals surface area contributed by atoms with Gasteiger partial charge in [0, 0.05) is 55.2 Å². The van der Waals surface area contributed by atoms with Crippen LogP contribution in [-0.4, -0.2) is 63.8 Å². The molecule has 0 radical (unpaired) electrons. The lowest BCUT2D eigenvalue weighted by Gasteiger charge is -2.30. The number of carbonyl (C=O) groups excluding carboxylic acids is 1. The molecule has 0 aliphatic carbocycles. The molecule has 0 aromatic heterocycles. The van der Waals surface area contributed by atoms with Gasteiger partial charge in [-0.05, 0) is 54.8 Å². The van der Waals surface area contributed by atoms with Gasteiger partial charge in [-0.25, -0.2) is 17.4 Å². The molecule has 1 fully saturated rings. The molecule has 0 bridgehead atoms. The maximum atomic E-state index is 13.4. The highest BCUT2D eigenvalue weighted by Gasteiger charge is 2.22. The van der Waals surface area contributed by atoms with Crippen LogP contribution in [0.5, 0.6) is 0 Å². The van der Waals surface area contributed by atoms with Crippen molar-refractivity contribution in [1.82, 2.24) is 5.32 Å². The van der Waals surface area contributed by atoms with Crippen molar-refractivity contribution in [3.63, 3.8) is 0 Å². The highest BCUT2D eigenvalue weighted by Crippen LogP contribution is 2.29. The zero-order valence-corrected chi connectivity index (χ0v) is 24.5. The Bertz CT molecular complexity index is 1310. The number of anilines is 3. The Labute approximate surface area is 228 Å². The summed E-state index contributed by atoms with van der Waals surface area (Å²) in [6, 6.07) is 11.7. The molecule has 1 amide bonds. The number of benzene rings is 2. The first-order valence-electron chi connectivity index (χ1n) is 13.1. The number of hydrogen-bond donors (Lipinski definition) is 3. The number of rotatable bonds is 12. The second-order valence-corrected chi connectivity index (χ2v) is 14.3.